The fourth-order valence-electron chi connectivity index (χ4n) is 3.22. The molecule has 0 amide bonds. The molecule has 0 aliphatic rings. The van der Waals surface area contributed by atoms with E-state index in [9.17, 15) is 22.6 Å². The largest absolute Gasteiger partial charge is 0.487 e. The van der Waals surface area contributed by atoms with E-state index >= 15 is 0 Å². The number of ether oxygens (including phenoxy) is 1. The van der Waals surface area contributed by atoms with Crippen molar-refractivity contribution in [3.63, 3.8) is 0 Å². The number of nitrogens with one attached hydrogen (secondary N) is 1. The van der Waals surface area contributed by atoms with Crippen LogP contribution < -0.4 is 26.6 Å². The number of aromatic nitrogens is 4. The molecule has 0 spiro atoms. The molecule has 11 heteroatoms. The molecule has 0 fully saturated rings. The summed E-state index contributed by atoms with van der Waals surface area (Å²) in [4.78, 5) is 36.5. The lowest BCUT2D eigenvalue weighted by Gasteiger charge is -2.06. The minimum atomic E-state index is -4.63. The van der Waals surface area contributed by atoms with Crippen molar-refractivity contribution in [2.75, 3.05) is 0 Å². The number of pyridine rings is 2. The average Bonchev–Trinajstić information content (AvgIpc) is 2.84. The monoisotopic (exact) mass is 492 g/mol. The van der Waals surface area contributed by atoms with Gasteiger partial charge in [-0.3, -0.25) is 28.7 Å². The quantitative estimate of drug-likeness (QED) is 0.353. The van der Waals surface area contributed by atoms with E-state index in [4.69, 9.17) is 4.74 Å². The molecule has 3 heterocycles. The number of H-pyrrole nitrogens is 1. The Bertz CT molecular complexity index is 1660. The molecular weight excluding hydrogens is 472 g/mol. The second-order valence-electron chi connectivity index (χ2n) is 7.47. The highest BCUT2D eigenvalue weighted by molar-refractivity contribution is 7.84. The molecule has 0 bridgehead atoms. The predicted octanol–water partition coefficient (Wildman–Crippen LogP) is 0.409. The summed E-state index contributed by atoms with van der Waals surface area (Å²) in [7, 11) is -4.63. The molecule has 4 rings (SSSR count). The maximum Gasteiger partial charge on any atom is 0.283 e. The summed E-state index contributed by atoms with van der Waals surface area (Å²) in [6.07, 6.45) is 7.43. The van der Waals surface area contributed by atoms with Crippen LogP contribution >= 0.6 is 0 Å². The molecule has 4 aromatic rings. The SMILES string of the molecule is O=c1[nH]c(=Cc2ccccc2)c(=O)n(CS(=O)(=O)O)c1=Cc1ccc(OCc2cccnc2)cn1. The summed E-state index contributed by atoms with van der Waals surface area (Å²) in [5, 5.41) is -0.413. The summed E-state index contributed by atoms with van der Waals surface area (Å²) in [6.45, 7) is 0.283. The molecule has 0 saturated carbocycles. The van der Waals surface area contributed by atoms with Gasteiger partial charge in [-0.05, 0) is 35.9 Å². The molecule has 0 unspecified atom stereocenters. The van der Waals surface area contributed by atoms with Gasteiger partial charge >= 0.3 is 0 Å². The van der Waals surface area contributed by atoms with Crippen LogP contribution in [-0.4, -0.2) is 32.5 Å². The first kappa shape index (κ1) is 23.8. The summed E-state index contributed by atoms with van der Waals surface area (Å²) in [5.74, 6) is -0.633. The summed E-state index contributed by atoms with van der Waals surface area (Å²) in [6, 6.07) is 15.5. The molecule has 2 N–H and O–H groups in total. The van der Waals surface area contributed by atoms with E-state index in [0.717, 1.165) is 5.56 Å². The van der Waals surface area contributed by atoms with Crippen LogP contribution in [0.1, 0.15) is 16.8 Å². The molecule has 0 aliphatic carbocycles. The van der Waals surface area contributed by atoms with Crippen molar-refractivity contribution < 1.29 is 17.7 Å². The van der Waals surface area contributed by atoms with Crippen molar-refractivity contribution in [3.8, 4) is 5.75 Å². The van der Waals surface area contributed by atoms with E-state index in [-0.39, 0.29) is 23.0 Å². The average molecular weight is 493 g/mol. The van der Waals surface area contributed by atoms with Crippen LogP contribution in [0.25, 0.3) is 12.2 Å². The third kappa shape index (κ3) is 6.37. The van der Waals surface area contributed by atoms with E-state index in [2.05, 4.69) is 15.0 Å². The molecule has 0 saturated heterocycles. The van der Waals surface area contributed by atoms with Crippen molar-refractivity contribution in [3.05, 3.63) is 121 Å². The number of hydrogen-bond donors (Lipinski definition) is 2. The Balaban J connectivity index is 1.73. The zero-order chi connectivity index (χ0) is 24.8. The van der Waals surface area contributed by atoms with E-state index in [0.29, 0.717) is 15.9 Å². The molecule has 3 aromatic heterocycles. The third-order valence-corrected chi connectivity index (χ3v) is 5.41. The molecule has 0 radical (unpaired) electrons. The summed E-state index contributed by atoms with van der Waals surface area (Å²) in [5.41, 5.74) is 0.241. The van der Waals surface area contributed by atoms with Gasteiger partial charge in [-0.25, -0.2) is 0 Å². The van der Waals surface area contributed by atoms with Crippen molar-refractivity contribution in [1.82, 2.24) is 19.5 Å². The van der Waals surface area contributed by atoms with Crippen LogP contribution in [0.15, 0.2) is 82.8 Å². The van der Waals surface area contributed by atoms with Crippen LogP contribution in [0.3, 0.4) is 0 Å². The second kappa shape index (κ2) is 10.3. The molecule has 10 nitrogen and oxygen atoms in total. The predicted molar refractivity (Wildman–Crippen MR) is 129 cm³/mol. The van der Waals surface area contributed by atoms with Gasteiger partial charge in [0.05, 0.1) is 11.9 Å². The Morgan fingerprint density at radius 3 is 2.46 bits per heavy atom. The highest BCUT2D eigenvalue weighted by Gasteiger charge is 2.13. The zero-order valence-corrected chi connectivity index (χ0v) is 19.1. The van der Waals surface area contributed by atoms with Crippen LogP contribution in [0.4, 0.5) is 0 Å². The standard InChI is InChI=1S/C24H20N4O6S/c29-23-22(12-19-8-9-20(14-26-19)34-15-18-7-4-10-25-13-18)28(16-35(31,32)33)24(30)21(27-23)11-17-5-2-1-3-6-17/h1-14H,15-16H2,(H,27,29)(H,31,32,33). The highest BCUT2D eigenvalue weighted by atomic mass is 32.2. The molecule has 0 atom stereocenters. The number of hydrogen-bond acceptors (Lipinski definition) is 7. The highest BCUT2D eigenvalue weighted by Crippen LogP contribution is 2.11. The van der Waals surface area contributed by atoms with Crippen LogP contribution in [0.2, 0.25) is 0 Å². The molecular formula is C24H20N4O6S. The maximum atomic E-state index is 13.0. The molecule has 35 heavy (non-hydrogen) atoms. The minimum Gasteiger partial charge on any atom is -0.487 e. The lowest BCUT2D eigenvalue weighted by Crippen LogP contribution is -2.54. The number of nitrogens with zero attached hydrogens (tertiary/aromatic N) is 3. The normalized spacial score (nSPS) is 12.6. The van der Waals surface area contributed by atoms with Gasteiger partial charge in [0.15, 0.2) is 5.88 Å². The number of benzene rings is 1. The van der Waals surface area contributed by atoms with Gasteiger partial charge < -0.3 is 9.72 Å². The summed E-state index contributed by atoms with van der Waals surface area (Å²) >= 11 is 0. The van der Waals surface area contributed by atoms with Gasteiger partial charge in [0.2, 0.25) is 0 Å². The van der Waals surface area contributed by atoms with Gasteiger partial charge in [0.25, 0.3) is 21.2 Å². The smallest absolute Gasteiger partial charge is 0.283 e. The Morgan fingerprint density at radius 1 is 1.00 bits per heavy atom. The minimum absolute atomic E-state index is 0.130. The number of rotatable bonds is 7. The fourth-order valence-corrected chi connectivity index (χ4v) is 3.80. The molecule has 1 aromatic carbocycles. The van der Waals surface area contributed by atoms with E-state index in [1.54, 1.807) is 60.9 Å². The lowest BCUT2D eigenvalue weighted by molar-refractivity contribution is 0.304. The Morgan fingerprint density at radius 2 is 1.80 bits per heavy atom. The summed E-state index contributed by atoms with van der Waals surface area (Å²) < 4.78 is 38.9. The van der Waals surface area contributed by atoms with Crippen molar-refractivity contribution in [2.24, 2.45) is 0 Å². The van der Waals surface area contributed by atoms with Crippen LogP contribution in [0.5, 0.6) is 5.75 Å². The van der Waals surface area contributed by atoms with E-state index in [1.165, 1.54) is 18.3 Å². The first-order valence-corrected chi connectivity index (χ1v) is 11.9. The zero-order valence-electron chi connectivity index (χ0n) is 18.2. The van der Waals surface area contributed by atoms with E-state index < -0.39 is 27.1 Å². The lowest BCUT2D eigenvalue weighted by atomic mass is 10.2. The van der Waals surface area contributed by atoms with Gasteiger partial charge in [-0.15, -0.1) is 0 Å². The van der Waals surface area contributed by atoms with Gasteiger partial charge in [-0.2, -0.15) is 8.42 Å². The first-order chi connectivity index (χ1) is 16.8. The second-order valence-corrected chi connectivity index (χ2v) is 8.89. The van der Waals surface area contributed by atoms with E-state index in [1.807, 2.05) is 6.07 Å². The molecule has 178 valence electrons. The topological polar surface area (TPSA) is 144 Å². The van der Waals surface area contributed by atoms with Crippen molar-refractivity contribution in [1.29, 1.82) is 0 Å². The van der Waals surface area contributed by atoms with Crippen LogP contribution in [0, 0.1) is 0 Å². The maximum absolute atomic E-state index is 13.0. The van der Waals surface area contributed by atoms with Gasteiger partial charge in [0.1, 0.15) is 23.1 Å². The first-order valence-electron chi connectivity index (χ1n) is 10.3. The molecule has 0 aliphatic heterocycles. The number of aromatic amines is 1. The van der Waals surface area contributed by atoms with Crippen molar-refractivity contribution in [2.45, 2.75) is 12.5 Å². The van der Waals surface area contributed by atoms with Crippen molar-refractivity contribution >= 4 is 22.3 Å². The van der Waals surface area contributed by atoms with Crippen LogP contribution in [-0.2, 0) is 22.6 Å². The third-order valence-electron chi connectivity index (χ3n) is 4.82. The Hall–Kier alpha value is -4.35. The fraction of sp³-hybridized carbons (Fsp3) is 0.0833. The van der Waals surface area contributed by atoms with Gasteiger partial charge in [0, 0.05) is 18.0 Å². The Kier molecular flexibility index (Phi) is 6.99. The van der Waals surface area contributed by atoms with Gasteiger partial charge in [-0.1, -0.05) is 36.4 Å². The Labute approximate surface area is 199 Å².